The summed E-state index contributed by atoms with van der Waals surface area (Å²) in [5.74, 6) is 0. The lowest BCUT2D eigenvalue weighted by atomic mass is 9.79. The lowest BCUT2D eigenvalue weighted by molar-refractivity contribution is 0.142. The van der Waals surface area contributed by atoms with E-state index in [0.717, 1.165) is 13.1 Å². The fraction of sp³-hybridized carbons (Fsp3) is 0.824. The van der Waals surface area contributed by atoms with Gasteiger partial charge in [-0.15, -0.1) is 0 Å². The Hall–Kier alpha value is -0.870. The molecule has 0 radical (unpaired) electrons. The fourth-order valence-corrected chi connectivity index (χ4v) is 3.75. The molecule has 120 valence electrons. The van der Waals surface area contributed by atoms with Crippen molar-refractivity contribution in [3.63, 3.8) is 0 Å². The minimum Gasteiger partial charge on any atom is -0.316 e. The molecule has 1 saturated carbocycles. The molecule has 1 aromatic heterocycles. The molecule has 0 aliphatic heterocycles. The molecule has 2 rings (SSSR count). The zero-order valence-corrected chi connectivity index (χ0v) is 14.1. The fourth-order valence-electron chi connectivity index (χ4n) is 3.75. The summed E-state index contributed by atoms with van der Waals surface area (Å²) in [5, 5.41) is 7.89. The van der Waals surface area contributed by atoms with Crippen LogP contribution in [0.5, 0.6) is 0 Å². The van der Waals surface area contributed by atoms with Gasteiger partial charge < -0.3 is 10.2 Å². The van der Waals surface area contributed by atoms with Crippen LogP contribution in [0, 0.1) is 5.41 Å². The van der Waals surface area contributed by atoms with Gasteiger partial charge in [-0.2, -0.15) is 5.10 Å². The van der Waals surface area contributed by atoms with Crippen LogP contribution >= 0.6 is 0 Å². The van der Waals surface area contributed by atoms with E-state index in [1.54, 1.807) is 0 Å². The molecule has 0 saturated heterocycles. The molecule has 1 aliphatic rings. The highest BCUT2D eigenvalue weighted by Crippen LogP contribution is 2.35. The summed E-state index contributed by atoms with van der Waals surface area (Å²) in [6, 6.07) is 0. The van der Waals surface area contributed by atoms with E-state index in [1.807, 2.05) is 17.9 Å². The number of hydrogen-bond donors (Lipinski definition) is 1. The van der Waals surface area contributed by atoms with E-state index in [2.05, 4.69) is 35.5 Å². The lowest BCUT2D eigenvalue weighted by Crippen LogP contribution is -2.42. The van der Waals surface area contributed by atoms with E-state index < -0.39 is 0 Å². The van der Waals surface area contributed by atoms with Crippen LogP contribution in [0.4, 0.5) is 0 Å². The van der Waals surface area contributed by atoms with Crippen LogP contribution in [-0.2, 0) is 13.6 Å². The second kappa shape index (κ2) is 7.95. The number of nitrogens with zero attached hydrogens (tertiary/aromatic N) is 3. The van der Waals surface area contributed by atoms with E-state index >= 15 is 0 Å². The highest BCUT2D eigenvalue weighted by atomic mass is 15.2. The van der Waals surface area contributed by atoms with Gasteiger partial charge in [-0.25, -0.2) is 0 Å². The van der Waals surface area contributed by atoms with E-state index in [4.69, 9.17) is 0 Å². The summed E-state index contributed by atoms with van der Waals surface area (Å²) in [4.78, 5) is 2.49. The number of aromatic nitrogens is 2. The normalized spacial score (nSPS) is 18.9. The van der Waals surface area contributed by atoms with E-state index in [9.17, 15) is 0 Å². The molecule has 1 N–H and O–H groups in total. The van der Waals surface area contributed by atoms with Crippen LogP contribution in [0.1, 0.15) is 51.0 Å². The zero-order chi connectivity index (χ0) is 15.1. The zero-order valence-electron chi connectivity index (χ0n) is 14.1. The van der Waals surface area contributed by atoms with Crippen LogP contribution in [0.3, 0.4) is 0 Å². The average molecular weight is 292 g/mol. The molecule has 0 atom stereocenters. The topological polar surface area (TPSA) is 33.1 Å². The van der Waals surface area contributed by atoms with Gasteiger partial charge in [0.25, 0.3) is 0 Å². The van der Waals surface area contributed by atoms with Crippen molar-refractivity contribution in [2.75, 3.05) is 26.7 Å². The second-order valence-electron chi connectivity index (χ2n) is 6.89. The van der Waals surface area contributed by atoms with Gasteiger partial charge >= 0.3 is 0 Å². The first-order chi connectivity index (χ1) is 10.1. The predicted molar refractivity (Wildman–Crippen MR) is 88.2 cm³/mol. The highest BCUT2D eigenvalue weighted by molar-refractivity contribution is 5.03. The van der Waals surface area contributed by atoms with E-state index in [-0.39, 0.29) is 0 Å². The number of hydrogen-bond acceptors (Lipinski definition) is 3. The van der Waals surface area contributed by atoms with Crippen LogP contribution < -0.4 is 5.32 Å². The number of aryl methyl sites for hydroxylation is 1. The van der Waals surface area contributed by atoms with Crippen molar-refractivity contribution in [2.45, 2.75) is 52.0 Å². The molecule has 0 unspecified atom stereocenters. The summed E-state index contributed by atoms with van der Waals surface area (Å²) in [6.07, 6.45) is 12.5. The second-order valence-corrected chi connectivity index (χ2v) is 6.89. The summed E-state index contributed by atoms with van der Waals surface area (Å²) < 4.78 is 1.89. The lowest BCUT2D eigenvalue weighted by Gasteiger charge is -2.37. The third-order valence-corrected chi connectivity index (χ3v) is 4.73. The van der Waals surface area contributed by atoms with E-state index in [1.165, 1.54) is 57.2 Å². The first-order valence-electron chi connectivity index (χ1n) is 8.50. The van der Waals surface area contributed by atoms with Gasteiger partial charge in [0.05, 0.1) is 6.20 Å². The van der Waals surface area contributed by atoms with Crippen molar-refractivity contribution in [3.8, 4) is 0 Å². The molecule has 1 heterocycles. The number of nitrogens with one attached hydrogen (secondary N) is 1. The summed E-state index contributed by atoms with van der Waals surface area (Å²) in [5.41, 5.74) is 1.77. The van der Waals surface area contributed by atoms with Gasteiger partial charge in [-0.1, -0.05) is 32.6 Å². The van der Waals surface area contributed by atoms with Gasteiger partial charge in [-0.05, 0) is 31.8 Å². The van der Waals surface area contributed by atoms with Crippen molar-refractivity contribution >= 4 is 0 Å². The third kappa shape index (κ3) is 5.11. The Kier molecular flexibility index (Phi) is 6.24. The molecule has 1 aromatic rings. The quantitative estimate of drug-likeness (QED) is 0.785. The SMILES string of the molecule is CCNCC1(CN(C)Cc2cnn(C)c2)CCCCCC1. The summed E-state index contributed by atoms with van der Waals surface area (Å²) in [6.45, 7) is 6.65. The van der Waals surface area contributed by atoms with Gasteiger partial charge in [0.2, 0.25) is 0 Å². The first-order valence-corrected chi connectivity index (χ1v) is 8.50. The smallest absolute Gasteiger partial charge is 0.0534 e. The molecule has 4 nitrogen and oxygen atoms in total. The molecular weight excluding hydrogens is 260 g/mol. The first kappa shape index (κ1) is 16.5. The largest absolute Gasteiger partial charge is 0.316 e. The Labute approximate surface area is 129 Å². The molecule has 4 heteroatoms. The van der Waals surface area contributed by atoms with Gasteiger partial charge in [0.15, 0.2) is 0 Å². The standard InChI is InChI=1S/C17H32N4/c1-4-18-14-17(9-7-5-6-8-10-17)15-20(2)12-16-11-19-21(3)13-16/h11,13,18H,4-10,12,14-15H2,1-3H3. The maximum absolute atomic E-state index is 4.28. The monoisotopic (exact) mass is 292 g/mol. The highest BCUT2D eigenvalue weighted by Gasteiger charge is 2.31. The molecular formula is C17H32N4. The van der Waals surface area contributed by atoms with E-state index in [0.29, 0.717) is 5.41 Å². The van der Waals surface area contributed by atoms with Gasteiger partial charge in [-0.3, -0.25) is 4.68 Å². The van der Waals surface area contributed by atoms with Crippen LogP contribution in [-0.4, -0.2) is 41.4 Å². The predicted octanol–water partition coefficient (Wildman–Crippen LogP) is 2.80. The van der Waals surface area contributed by atoms with Crippen molar-refractivity contribution in [3.05, 3.63) is 18.0 Å². The van der Waals surface area contributed by atoms with Crippen molar-refractivity contribution in [1.29, 1.82) is 0 Å². The van der Waals surface area contributed by atoms with Crippen molar-refractivity contribution < 1.29 is 0 Å². The minimum absolute atomic E-state index is 0.462. The van der Waals surface area contributed by atoms with Crippen LogP contribution in [0.15, 0.2) is 12.4 Å². The maximum atomic E-state index is 4.28. The average Bonchev–Trinajstić information content (AvgIpc) is 2.72. The van der Waals surface area contributed by atoms with Crippen LogP contribution in [0.2, 0.25) is 0 Å². The Balaban J connectivity index is 1.95. The molecule has 1 aliphatic carbocycles. The maximum Gasteiger partial charge on any atom is 0.0534 e. The third-order valence-electron chi connectivity index (χ3n) is 4.73. The van der Waals surface area contributed by atoms with Crippen molar-refractivity contribution in [2.24, 2.45) is 12.5 Å². The molecule has 0 aromatic carbocycles. The Morgan fingerprint density at radius 1 is 1.29 bits per heavy atom. The summed E-state index contributed by atoms with van der Waals surface area (Å²) in [7, 11) is 4.24. The summed E-state index contributed by atoms with van der Waals surface area (Å²) >= 11 is 0. The van der Waals surface area contributed by atoms with Crippen LogP contribution in [0.25, 0.3) is 0 Å². The number of rotatable bonds is 7. The van der Waals surface area contributed by atoms with Gasteiger partial charge in [0, 0.05) is 38.4 Å². The Morgan fingerprint density at radius 2 is 2.00 bits per heavy atom. The molecule has 21 heavy (non-hydrogen) atoms. The minimum atomic E-state index is 0.462. The van der Waals surface area contributed by atoms with Crippen molar-refractivity contribution in [1.82, 2.24) is 20.0 Å². The Morgan fingerprint density at radius 3 is 2.57 bits per heavy atom. The molecule has 1 fully saturated rings. The van der Waals surface area contributed by atoms with Gasteiger partial charge in [0.1, 0.15) is 0 Å². The molecule has 0 amide bonds. The molecule has 0 bridgehead atoms. The molecule has 0 spiro atoms. The Bertz CT molecular complexity index is 405.